The van der Waals surface area contributed by atoms with Crippen molar-refractivity contribution >= 4 is 23.9 Å². The molecular weight excluding hydrogens is 536 g/mol. The standard InChI is InChI=1S/C33H32N2O7/c36-30(41-18-20-8-2-1-3-9-20)17-28(31(37)35-21-14-15-29(35)26(16-21)32(38)39)34-33(40)42-19-27-24-12-6-4-10-22(24)23-11-5-7-13-25(23)27/h1-13,21,26-29H,14-19H2,(H,34,40)(H,38,39)/t21?,26?,28-,29?/m0/s1. The third-order valence-electron chi connectivity index (χ3n) is 8.66. The number of nitrogens with zero attached hydrogens (tertiary/aromatic N) is 1. The molecule has 0 spiro atoms. The number of hydrogen-bond donors (Lipinski definition) is 2. The number of carboxylic acid groups (broad SMARTS) is 1. The van der Waals surface area contributed by atoms with Gasteiger partial charge in [0.2, 0.25) is 5.91 Å². The first-order chi connectivity index (χ1) is 20.4. The number of ether oxygens (including phenoxy) is 2. The molecule has 4 atom stereocenters. The molecule has 2 heterocycles. The molecule has 216 valence electrons. The number of carboxylic acids is 1. The van der Waals surface area contributed by atoms with Crippen molar-refractivity contribution < 1.29 is 33.8 Å². The number of esters is 1. The zero-order valence-electron chi connectivity index (χ0n) is 23.0. The molecule has 3 aromatic carbocycles. The molecule has 1 aliphatic carbocycles. The Morgan fingerprint density at radius 3 is 2.14 bits per heavy atom. The first kappa shape index (κ1) is 27.5. The highest BCUT2D eigenvalue weighted by molar-refractivity contribution is 5.91. The lowest BCUT2D eigenvalue weighted by molar-refractivity contribution is -0.149. The van der Waals surface area contributed by atoms with Gasteiger partial charge in [-0.2, -0.15) is 0 Å². The largest absolute Gasteiger partial charge is 0.481 e. The number of carbonyl (C=O) groups excluding carboxylic acids is 3. The molecule has 42 heavy (non-hydrogen) atoms. The van der Waals surface area contributed by atoms with Crippen molar-refractivity contribution in [3.05, 3.63) is 95.6 Å². The Hall–Kier alpha value is -4.66. The summed E-state index contributed by atoms with van der Waals surface area (Å²) in [7, 11) is 0. The van der Waals surface area contributed by atoms with Crippen LogP contribution in [0.3, 0.4) is 0 Å². The van der Waals surface area contributed by atoms with Crippen LogP contribution in [-0.2, 0) is 30.5 Å². The smallest absolute Gasteiger partial charge is 0.407 e. The van der Waals surface area contributed by atoms with Crippen LogP contribution in [-0.4, -0.2) is 58.7 Å². The number of carbonyl (C=O) groups is 4. The Balaban J connectivity index is 1.15. The van der Waals surface area contributed by atoms with E-state index in [1.807, 2.05) is 78.9 Å². The Kier molecular flexibility index (Phi) is 7.65. The number of rotatable bonds is 9. The topological polar surface area (TPSA) is 122 Å². The summed E-state index contributed by atoms with van der Waals surface area (Å²) in [6, 6.07) is 23.1. The zero-order valence-corrected chi connectivity index (χ0v) is 23.0. The van der Waals surface area contributed by atoms with E-state index in [9.17, 15) is 24.3 Å². The number of fused-ring (bicyclic) bond motifs is 5. The van der Waals surface area contributed by atoms with Gasteiger partial charge in [-0.1, -0.05) is 78.9 Å². The molecule has 3 unspecified atom stereocenters. The van der Waals surface area contributed by atoms with Gasteiger partial charge in [0.05, 0.1) is 12.3 Å². The zero-order chi connectivity index (χ0) is 29.2. The molecule has 9 nitrogen and oxygen atoms in total. The maximum atomic E-state index is 13.8. The number of amides is 2. The minimum Gasteiger partial charge on any atom is -0.481 e. The summed E-state index contributed by atoms with van der Waals surface area (Å²) >= 11 is 0. The number of benzene rings is 3. The van der Waals surface area contributed by atoms with E-state index in [4.69, 9.17) is 9.47 Å². The maximum absolute atomic E-state index is 13.8. The van der Waals surface area contributed by atoms with Gasteiger partial charge < -0.3 is 24.8 Å². The monoisotopic (exact) mass is 568 g/mol. The minimum absolute atomic E-state index is 0.0293. The summed E-state index contributed by atoms with van der Waals surface area (Å²) in [4.78, 5) is 53.1. The molecule has 0 saturated carbocycles. The lowest BCUT2D eigenvalue weighted by Crippen LogP contribution is -2.52. The first-order valence-electron chi connectivity index (χ1n) is 14.3. The van der Waals surface area contributed by atoms with Crippen LogP contribution < -0.4 is 5.32 Å². The molecule has 2 amide bonds. The maximum Gasteiger partial charge on any atom is 0.407 e. The van der Waals surface area contributed by atoms with E-state index < -0.39 is 48.4 Å². The molecular formula is C33H32N2O7. The fourth-order valence-electron chi connectivity index (χ4n) is 6.72. The van der Waals surface area contributed by atoms with Gasteiger partial charge >= 0.3 is 18.0 Å². The second-order valence-corrected chi connectivity index (χ2v) is 11.1. The molecule has 2 aliphatic heterocycles. The van der Waals surface area contributed by atoms with E-state index in [1.54, 1.807) is 4.90 Å². The minimum atomic E-state index is -1.25. The predicted molar refractivity (Wildman–Crippen MR) is 152 cm³/mol. The summed E-state index contributed by atoms with van der Waals surface area (Å²) in [6.07, 6.45) is 0.401. The molecule has 0 aromatic heterocycles. The molecule has 2 fully saturated rings. The normalized spacial score (nSPS) is 20.9. The van der Waals surface area contributed by atoms with Crippen LogP contribution in [0.15, 0.2) is 78.9 Å². The van der Waals surface area contributed by atoms with Crippen molar-refractivity contribution in [3.8, 4) is 11.1 Å². The Labute approximate surface area is 243 Å². The van der Waals surface area contributed by atoms with Crippen LogP contribution in [0.25, 0.3) is 11.1 Å². The summed E-state index contributed by atoms with van der Waals surface area (Å²) in [6.45, 7) is 0.0802. The van der Waals surface area contributed by atoms with Crippen LogP contribution >= 0.6 is 0 Å². The van der Waals surface area contributed by atoms with E-state index >= 15 is 0 Å². The van der Waals surface area contributed by atoms with Crippen LogP contribution in [0.4, 0.5) is 4.79 Å². The van der Waals surface area contributed by atoms with E-state index in [1.165, 1.54) is 0 Å². The number of nitrogens with one attached hydrogen (secondary N) is 1. The van der Waals surface area contributed by atoms with Gasteiger partial charge in [-0.25, -0.2) is 4.79 Å². The van der Waals surface area contributed by atoms with Gasteiger partial charge in [0.1, 0.15) is 19.3 Å². The van der Waals surface area contributed by atoms with Gasteiger partial charge in [-0.05, 0) is 47.1 Å². The molecule has 6 rings (SSSR count). The van der Waals surface area contributed by atoms with Crippen LogP contribution in [0, 0.1) is 5.92 Å². The fourth-order valence-corrected chi connectivity index (χ4v) is 6.72. The third-order valence-corrected chi connectivity index (χ3v) is 8.66. The van der Waals surface area contributed by atoms with Crippen molar-refractivity contribution in [2.45, 2.75) is 56.3 Å². The number of aliphatic carboxylic acids is 1. The van der Waals surface area contributed by atoms with Gasteiger partial charge in [0.15, 0.2) is 0 Å². The van der Waals surface area contributed by atoms with Crippen molar-refractivity contribution in [1.82, 2.24) is 10.2 Å². The quantitative estimate of drug-likeness (QED) is 0.365. The van der Waals surface area contributed by atoms with Gasteiger partial charge in [-0.3, -0.25) is 14.4 Å². The average molecular weight is 569 g/mol. The molecule has 3 aromatic rings. The third kappa shape index (κ3) is 5.34. The summed E-state index contributed by atoms with van der Waals surface area (Å²) in [5.74, 6) is -2.91. The van der Waals surface area contributed by atoms with Crippen molar-refractivity contribution in [2.24, 2.45) is 5.92 Å². The van der Waals surface area contributed by atoms with E-state index in [2.05, 4.69) is 5.32 Å². The fraction of sp³-hybridized carbons (Fsp3) is 0.333. The van der Waals surface area contributed by atoms with Gasteiger partial charge in [0.25, 0.3) is 0 Å². The van der Waals surface area contributed by atoms with Crippen molar-refractivity contribution in [3.63, 3.8) is 0 Å². The molecule has 9 heteroatoms. The van der Waals surface area contributed by atoms with Crippen molar-refractivity contribution in [2.75, 3.05) is 6.61 Å². The van der Waals surface area contributed by atoms with E-state index in [-0.39, 0.29) is 25.2 Å². The van der Waals surface area contributed by atoms with E-state index in [0.717, 1.165) is 27.8 Å². The summed E-state index contributed by atoms with van der Waals surface area (Å²) < 4.78 is 11.1. The second kappa shape index (κ2) is 11.7. The summed E-state index contributed by atoms with van der Waals surface area (Å²) in [5, 5.41) is 12.3. The summed E-state index contributed by atoms with van der Waals surface area (Å²) in [5.41, 5.74) is 5.08. The van der Waals surface area contributed by atoms with Crippen LogP contribution in [0.5, 0.6) is 0 Å². The SMILES string of the molecule is O=C(C[C@H](NC(=O)OCC1c2ccccc2-c2ccccc21)C(=O)N1C2CCC1C(C(=O)O)C2)OCc1ccccc1. The van der Waals surface area contributed by atoms with Gasteiger partial charge in [-0.15, -0.1) is 0 Å². The Morgan fingerprint density at radius 2 is 1.50 bits per heavy atom. The average Bonchev–Trinajstić information content (AvgIpc) is 3.69. The Morgan fingerprint density at radius 1 is 0.857 bits per heavy atom. The lowest BCUT2D eigenvalue weighted by atomic mass is 9.89. The van der Waals surface area contributed by atoms with Crippen LogP contribution in [0.2, 0.25) is 0 Å². The predicted octanol–water partition coefficient (Wildman–Crippen LogP) is 4.49. The number of hydrogen-bond acceptors (Lipinski definition) is 6. The number of alkyl carbamates (subject to hydrolysis) is 1. The molecule has 0 radical (unpaired) electrons. The van der Waals surface area contributed by atoms with Gasteiger partial charge in [0, 0.05) is 18.0 Å². The molecule has 2 N–H and O–H groups in total. The highest BCUT2D eigenvalue weighted by Gasteiger charge is 2.52. The van der Waals surface area contributed by atoms with E-state index in [0.29, 0.717) is 19.3 Å². The second-order valence-electron chi connectivity index (χ2n) is 11.1. The van der Waals surface area contributed by atoms with Crippen LogP contribution in [0.1, 0.15) is 48.3 Å². The highest BCUT2D eigenvalue weighted by Crippen LogP contribution is 2.45. The molecule has 2 saturated heterocycles. The first-order valence-corrected chi connectivity index (χ1v) is 14.3. The lowest BCUT2D eigenvalue weighted by Gasteiger charge is -2.28. The molecule has 2 bridgehead atoms. The Bertz CT molecular complexity index is 1460. The highest BCUT2D eigenvalue weighted by atomic mass is 16.5. The van der Waals surface area contributed by atoms with Crippen molar-refractivity contribution in [1.29, 1.82) is 0 Å². The molecule has 3 aliphatic rings.